The molecule has 11 aromatic rings. The predicted molar refractivity (Wildman–Crippen MR) is 237 cm³/mol. The van der Waals surface area contributed by atoms with Crippen LogP contribution in [0.25, 0.3) is 87.6 Å². The molecule has 0 N–H and O–H groups in total. The van der Waals surface area contributed by atoms with E-state index in [-0.39, 0.29) is 0 Å². The molecule has 0 fully saturated rings. The van der Waals surface area contributed by atoms with Crippen molar-refractivity contribution in [3.05, 3.63) is 212 Å². The summed E-state index contributed by atoms with van der Waals surface area (Å²) < 4.78 is 6.58. The third-order valence-corrected chi connectivity index (χ3v) is 11.2. The van der Waals surface area contributed by atoms with E-state index in [1.54, 1.807) is 0 Å². The van der Waals surface area contributed by atoms with Gasteiger partial charge in [-0.25, -0.2) is 0 Å². The molecule has 0 atom stereocenters. The molecule has 2 heteroatoms. The minimum Gasteiger partial charge on any atom is -0.456 e. The third-order valence-electron chi connectivity index (χ3n) is 11.2. The third kappa shape index (κ3) is 5.34. The Bertz CT molecular complexity index is 3250. The van der Waals surface area contributed by atoms with Crippen LogP contribution in [-0.4, -0.2) is 0 Å². The second kappa shape index (κ2) is 13.2. The van der Waals surface area contributed by atoms with Crippen LogP contribution < -0.4 is 4.90 Å². The van der Waals surface area contributed by atoms with Crippen molar-refractivity contribution in [1.82, 2.24) is 0 Å². The number of benzene rings is 10. The molecule has 0 amide bonds. The first kappa shape index (κ1) is 32.0. The number of furan rings is 1. The highest BCUT2D eigenvalue weighted by Gasteiger charge is 2.22. The molecule has 2 nitrogen and oxygen atoms in total. The van der Waals surface area contributed by atoms with Crippen molar-refractivity contribution >= 4 is 71.3 Å². The maximum Gasteiger partial charge on any atom is 0.136 e. The summed E-state index contributed by atoms with van der Waals surface area (Å²) in [6, 6.07) is 76.6. The minimum absolute atomic E-state index is 0.880. The van der Waals surface area contributed by atoms with E-state index >= 15 is 0 Å². The number of anilines is 3. The van der Waals surface area contributed by atoms with Gasteiger partial charge in [-0.05, 0) is 109 Å². The second-order valence-electron chi connectivity index (χ2n) is 14.5. The quantitative estimate of drug-likeness (QED) is 0.160. The van der Waals surface area contributed by atoms with E-state index in [4.69, 9.17) is 4.42 Å². The van der Waals surface area contributed by atoms with E-state index in [9.17, 15) is 0 Å². The van der Waals surface area contributed by atoms with Crippen LogP contribution >= 0.6 is 0 Å². The van der Waals surface area contributed by atoms with E-state index in [0.717, 1.165) is 50.1 Å². The monoisotopic (exact) mass is 713 g/mol. The first-order valence-electron chi connectivity index (χ1n) is 19.2. The van der Waals surface area contributed by atoms with Gasteiger partial charge < -0.3 is 9.32 Å². The summed E-state index contributed by atoms with van der Waals surface area (Å²) >= 11 is 0. The lowest BCUT2D eigenvalue weighted by atomic mass is 9.93. The van der Waals surface area contributed by atoms with E-state index in [1.165, 1.54) is 54.6 Å². The first-order chi connectivity index (χ1) is 27.8. The number of rotatable bonds is 6. The summed E-state index contributed by atoms with van der Waals surface area (Å²) in [4.78, 5) is 2.43. The van der Waals surface area contributed by atoms with Crippen LogP contribution in [0.3, 0.4) is 0 Å². The Morgan fingerprint density at radius 1 is 0.304 bits per heavy atom. The number of para-hydroxylation sites is 1. The fourth-order valence-corrected chi connectivity index (χ4v) is 8.60. The van der Waals surface area contributed by atoms with Crippen molar-refractivity contribution in [2.45, 2.75) is 0 Å². The van der Waals surface area contributed by atoms with Crippen molar-refractivity contribution in [1.29, 1.82) is 0 Å². The number of fused-ring (bicyclic) bond motifs is 7. The van der Waals surface area contributed by atoms with Gasteiger partial charge in [-0.1, -0.05) is 164 Å². The molecule has 0 radical (unpaired) electrons. The van der Waals surface area contributed by atoms with E-state index in [2.05, 4.69) is 217 Å². The number of nitrogens with zero attached hydrogens (tertiary/aromatic N) is 1. The van der Waals surface area contributed by atoms with Crippen LogP contribution in [0, 0.1) is 0 Å². The van der Waals surface area contributed by atoms with Crippen LogP contribution in [0.4, 0.5) is 17.1 Å². The standard InChI is InChI=1S/C54H35NO/c1-3-14-36(15-4-1)45-30-29-43(35-49(45)37-16-5-2-6-17-37)55(42-28-31-46-41(32-42)27-26-38-18-9-10-21-44(38)46)51-24-12-11-22-47(51)48-23-13-25-52-54(48)50-33-39-19-7-8-20-40(39)34-53(50)56-52/h1-35H. The molecule has 0 aliphatic heterocycles. The zero-order valence-corrected chi connectivity index (χ0v) is 30.6. The highest BCUT2D eigenvalue weighted by molar-refractivity contribution is 6.17. The minimum atomic E-state index is 0.880. The van der Waals surface area contributed by atoms with Crippen molar-refractivity contribution in [2.75, 3.05) is 4.90 Å². The van der Waals surface area contributed by atoms with Crippen molar-refractivity contribution < 1.29 is 4.42 Å². The van der Waals surface area contributed by atoms with Gasteiger partial charge in [0, 0.05) is 27.7 Å². The normalized spacial score (nSPS) is 11.6. The lowest BCUT2D eigenvalue weighted by Gasteiger charge is -2.29. The zero-order chi connectivity index (χ0) is 37.0. The fraction of sp³-hybridized carbons (Fsp3) is 0. The van der Waals surface area contributed by atoms with Gasteiger partial charge in [0.15, 0.2) is 0 Å². The van der Waals surface area contributed by atoms with Gasteiger partial charge >= 0.3 is 0 Å². The van der Waals surface area contributed by atoms with Gasteiger partial charge in [-0.3, -0.25) is 0 Å². The van der Waals surface area contributed by atoms with Gasteiger partial charge in [0.05, 0.1) is 5.69 Å². The zero-order valence-electron chi connectivity index (χ0n) is 30.6. The molecule has 0 aliphatic rings. The summed E-state index contributed by atoms with van der Waals surface area (Å²) in [6.07, 6.45) is 0. The summed E-state index contributed by atoms with van der Waals surface area (Å²) in [5.41, 5.74) is 12.0. The van der Waals surface area contributed by atoms with Gasteiger partial charge in [0.2, 0.25) is 0 Å². The molecule has 0 unspecified atom stereocenters. The second-order valence-corrected chi connectivity index (χ2v) is 14.5. The van der Waals surface area contributed by atoms with Gasteiger partial charge in [-0.2, -0.15) is 0 Å². The Hall–Kier alpha value is -7.42. The summed E-state index contributed by atoms with van der Waals surface area (Å²) in [5.74, 6) is 0. The smallest absolute Gasteiger partial charge is 0.136 e. The maximum atomic E-state index is 6.58. The van der Waals surface area contributed by atoms with E-state index in [0.29, 0.717) is 0 Å². The Morgan fingerprint density at radius 3 is 1.73 bits per heavy atom. The largest absolute Gasteiger partial charge is 0.456 e. The molecule has 0 spiro atoms. The molecule has 0 bridgehead atoms. The van der Waals surface area contributed by atoms with Gasteiger partial charge in [0.25, 0.3) is 0 Å². The molecule has 1 heterocycles. The highest BCUT2D eigenvalue weighted by atomic mass is 16.3. The van der Waals surface area contributed by atoms with Crippen LogP contribution in [0.15, 0.2) is 217 Å². The summed E-state index contributed by atoms with van der Waals surface area (Å²) in [6.45, 7) is 0. The molecule has 262 valence electrons. The van der Waals surface area contributed by atoms with Gasteiger partial charge in [-0.15, -0.1) is 0 Å². The molecular formula is C54H35NO. The van der Waals surface area contributed by atoms with Crippen molar-refractivity contribution in [3.63, 3.8) is 0 Å². The molecular weight excluding hydrogens is 679 g/mol. The highest BCUT2D eigenvalue weighted by Crippen LogP contribution is 2.47. The predicted octanol–water partition coefficient (Wildman–Crippen LogP) is 15.5. The molecule has 11 rings (SSSR count). The number of hydrogen-bond donors (Lipinski definition) is 0. The number of hydrogen-bond acceptors (Lipinski definition) is 2. The Kier molecular flexibility index (Phi) is 7.53. The molecule has 0 aliphatic carbocycles. The van der Waals surface area contributed by atoms with Crippen LogP contribution in [0.5, 0.6) is 0 Å². The molecule has 1 aromatic heterocycles. The van der Waals surface area contributed by atoms with Crippen molar-refractivity contribution in [3.8, 4) is 33.4 Å². The SMILES string of the molecule is c1ccc(-c2ccc(N(c3ccc4c(ccc5ccccc54)c3)c3ccccc3-c3cccc4oc5cc6ccccc6cc5c34)cc2-c2ccccc2)cc1. The van der Waals surface area contributed by atoms with Crippen LogP contribution in [0.1, 0.15) is 0 Å². The Balaban J connectivity index is 1.18. The lowest BCUT2D eigenvalue weighted by molar-refractivity contribution is 0.669. The summed E-state index contributed by atoms with van der Waals surface area (Å²) in [5, 5.41) is 9.55. The van der Waals surface area contributed by atoms with Crippen molar-refractivity contribution in [2.24, 2.45) is 0 Å². The Morgan fingerprint density at radius 2 is 0.911 bits per heavy atom. The average molecular weight is 714 g/mol. The summed E-state index contributed by atoms with van der Waals surface area (Å²) in [7, 11) is 0. The lowest BCUT2D eigenvalue weighted by Crippen LogP contribution is -2.11. The molecule has 56 heavy (non-hydrogen) atoms. The molecule has 0 saturated heterocycles. The molecule has 0 saturated carbocycles. The fourth-order valence-electron chi connectivity index (χ4n) is 8.60. The average Bonchev–Trinajstić information content (AvgIpc) is 3.64. The maximum absolute atomic E-state index is 6.58. The van der Waals surface area contributed by atoms with Gasteiger partial charge in [0.1, 0.15) is 11.2 Å². The first-order valence-corrected chi connectivity index (χ1v) is 19.2. The Labute approximate surface area is 325 Å². The van der Waals surface area contributed by atoms with Crippen LogP contribution in [0.2, 0.25) is 0 Å². The van der Waals surface area contributed by atoms with E-state index < -0.39 is 0 Å². The topological polar surface area (TPSA) is 16.4 Å². The van der Waals surface area contributed by atoms with Crippen LogP contribution in [-0.2, 0) is 0 Å². The van der Waals surface area contributed by atoms with E-state index in [1.807, 2.05) is 0 Å². The molecule has 10 aromatic carbocycles.